The average Bonchev–Trinajstić information content (AvgIpc) is 2.96. The first-order chi connectivity index (χ1) is 18.9. The van der Waals surface area contributed by atoms with Crippen molar-refractivity contribution in [1.29, 1.82) is 0 Å². The Balaban J connectivity index is 1.35. The molecule has 0 spiro atoms. The largest absolute Gasteiger partial charge is 0.379 e. The third-order valence-electron chi connectivity index (χ3n) is 7.70. The SMILES string of the molecule is CC1CCN(c2ccc(NS(=O)(=O)c3cccc4ccccc34)cc2C(=O)NCCCN2CCOCC2)CC1. The quantitative estimate of drug-likeness (QED) is 0.386. The summed E-state index contributed by atoms with van der Waals surface area (Å²) >= 11 is 0. The minimum absolute atomic E-state index is 0.184. The standard InChI is InChI=1S/C30H38N4O4S/c1-23-12-16-34(17-13-23)28-11-10-25(22-27(28)30(35)31-14-5-15-33-18-20-38-21-19-33)32-39(36,37)29-9-4-7-24-6-2-3-8-26(24)29/h2-4,6-11,22-23,32H,5,12-21H2,1H3,(H,31,35). The van der Waals surface area contributed by atoms with E-state index < -0.39 is 10.0 Å². The molecule has 2 heterocycles. The van der Waals surface area contributed by atoms with Gasteiger partial charge in [0.1, 0.15) is 0 Å². The average molecular weight is 551 g/mol. The van der Waals surface area contributed by atoms with Crippen LogP contribution in [0.1, 0.15) is 36.5 Å². The molecule has 39 heavy (non-hydrogen) atoms. The lowest BCUT2D eigenvalue weighted by Gasteiger charge is -2.33. The predicted molar refractivity (Wildman–Crippen MR) is 156 cm³/mol. The molecule has 0 aromatic heterocycles. The number of nitrogens with one attached hydrogen (secondary N) is 2. The molecule has 8 nitrogen and oxygen atoms in total. The van der Waals surface area contributed by atoms with Crippen LogP contribution in [0.25, 0.3) is 10.8 Å². The van der Waals surface area contributed by atoms with Crippen LogP contribution in [-0.4, -0.2) is 71.7 Å². The summed E-state index contributed by atoms with van der Waals surface area (Å²) in [4.78, 5) is 18.2. The molecule has 3 aromatic carbocycles. The Morgan fingerprint density at radius 1 is 0.974 bits per heavy atom. The van der Waals surface area contributed by atoms with Gasteiger partial charge < -0.3 is 15.0 Å². The highest BCUT2D eigenvalue weighted by Crippen LogP contribution is 2.30. The molecule has 2 saturated heterocycles. The van der Waals surface area contributed by atoms with E-state index >= 15 is 0 Å². The van der Waals surface area contributed by atoms with Gasteiger partial charge in [-0.15, -0.1) is 0 Å². The highest BCUT2D eigenvalue weighted by Gasteiger charge is 2.23. The molecule has 0 unspecified atom stereocenters. The zero-order valence-electron chi connectivity index (χ0n) is 22.6. The second kappa shape index (κ2) is 12.4. The number of sulfonamides is 1. The Hall–Kier alpha value is -3.14. The van der Waals surface area contributed by atoms with Crippen molar-refractivity contribution in [2.24, 2.45) is 5.92 Å². The molecule has 208 valence electrons. The van der Waals surface area contributed by atoms with Crippen molar-refractivity contribution in [3.8, 4) is 0 Å². The zero-order chi connectivity index (χ0) is 27.2. The molecule has 2 aliphatic heterocycles. The van der Waals surface area contributed by atoms with E-state index in [1.54, 1.807) is 30.3 Å². The van der Waals surface area contributed by atoms with Crippen LogP contribution in [0.2, 0.25) is 0 Å². The number of morpholine rings is 1. The van der Waals surface area contributed by atoms with Gasteiger partial charge in [-0.1, -0.05) is 43.3 Å². The molecule has 2 fully saturated rings. The van der Waals surface area contributed by atoms with E-state index in [1.165, 1.54) is 0 Å². The maximum absolute atomic E-state index is 13.4. The molecule has 0 saturated carbocycles. The predicted octanol–water partition coefficient (Wildman–Crippen LogP) is 4.33. The summed E-state index contributed by atoms with van der Waals surface area (Å²) in [7, 11) is -3.87. The van der Waals surface area contributed by atoms with E-state index in [9.17, 15) is 13.2 Å². The van der Waals surface area contributed by atoms with E-state index in [1.807, 2.05) is 30.3 Å². The van der Waals surface area contributed by atoms with Crippen LogP contribution in [0.5, 0.6) is 0 Å². The molecule has 0 atom stereocenters. The summed E-state index contributed by atoms with van der Waals surface area (Å²) in [5.41, 5.74) is 1.71. The lowest BCUT2D eigenvalue weighted by molar-refractivity contribution is 0.0374. The van der Waals surface area contributed by atoms with Crippen LogP contribution in [-0.2, 0) is 14.8 Å². The van der Waals surface area contributed by atoms with Gasteiger partial charge in [-0.2, -0.15) is 0 Å². The number of benzene rings is 3. The van der Waals surface area contributed by atoms with Crippen molar-refractivity contribution >= 4 is 38.1 Å². The Bertz CT molecular complexity index is 1390. The van der Waals surface area contributed by atoms with Crippen molar-refractivity contribution in [3.63, 3.8) is 0 Å². The summed E-state index contributed by atoms with van der Waals surface area (Å²) < 4.78 is 35.0. The first kappa shape index (κ1) is 27.4. The molecule has 2 N–H and O–H groups in total. The van der Waals surface area contributed by atoms with Gasteiger partial charge in [0, 0.05) is 49.5 Å². The minimum Gasteiger partial charge on any atom is -0.379 e. The Kier molecular flexibility index (Phi) is 8.69. The van der Waals surface area contributed by atoms with Crippen LogP contribution in [0.4, 0.5) is 11.4 Å². The third-order valence-corrected chi connectivity index (χ3v) is 9.14. The molecular formula is C30H38N4O4S. The molecule has 0 radical (unpaired) electrons. The van der Waals surface area contributed by atoms with Crippen LogP contribution >= 0.6 is 0 Å². The van der Waals surface area contributed by atoms with Gasteiger partial charge >= 0.3 is 0 Å². The molecule has 0 aliphatic carbocycles. The van der Waals surface area contributed by atoms with Crippen molar-refractivity contribution in [3.05, 3.63) is 66.2 Å². The van der Waals surface area contributed by atoms with Gasteiger partial charge in [0.15, 0.2) is 0 Å². The number of piperidine rings is 1. The first-order valence-corrected chi connectivity index (χ1v) is 15.4. The van der Waals surface area contributed by atoms with Crippen molar-refractivity contribution in [2.75, 3.05) is 62.1 Å². The zero-order valence-corrected chi connectivity index (χ0v) is 23.4. The van der Waals surface area contributed by atoms with Gasteiger partial charge in [0.05, 0.1) is 23.7 Å². The van der Waals surface area contributed by atoms with Gasteiger partial charge in [-0.25, -0.2) is 8.42 Å². The smallest absolute Gasteiger partial charge is 0.262 e. The van der Waals surface area contributed by atoms with E-state index in [4.69, 9.17) is 4.74 Å². The normalized spacial score (nSPS) is 17.3. The number of hydrogen-bond acceptors (Lipinski definition) is 6. The number of anilines is 2. The lowest BCUT2D eigenvalue weighted by Crippen LogP contribution is -2.38. The fourth-order valence-electron chi connectivity index (χ4n) is 5.37. The number of hydrogen-bond donors (Lipinski definition) is 2. The summed E-state index contributed by atoms with van der Waals surface area (Å²) in [6.45, 7) is 8.82. The Morgan fingerprint density at radius 3 is 2.51 bits per heavy atom. The van der Waals surface area contributed by atoms with E-state index in [-0.39, 0.29) is 10.8 Å². The maximum Gasteiger partial charge on any atom is 0.262 e. The molecule has 2 aliphatic rings. The van der Waals surface area contributed by atoms with E-state index in [0.29, 0.717) is 29.1 Å². The highest BCUT2D eigenvalue weighted by atomic mass is 32.2. The highest BCUT2D eigenvalue weighted by molar-refractivity contribution is 7.93. The molecule has 1 amide bonds. The second-order valence-electron chi connectivity index (χ2n) is 10.5. The number of carbonyl (C=O) groups is 1. The van der Waals surface area contributed by atoms with Gasteiger partial charge in [-0.3, -0.25) is 14.4 Å². The number of fused-ring (bicyclic) bond motifs is 1. The molecule has 5 rings (SSSR count). The first-order valence-electron chi connectivity index (χ1n) is 13.9. The van der Waals surface area contributed by atoms with Crippen molar-refractivity contribution in [1.82, 2.24) is 10.2 Å². The Morgan fingerprint density at radius 2 is 1.72 bits per heavy atom. The fraction of sp³-hybridized carbons (Fsp3) is 0.433. The van der Waals surface area contributed by atoms with Gasteiger partial charge in [0.2, 0.25) is 0 Å². The van der Waals surface area contributed by atoms with Crippen LogP contribution in [0.15, 0.2) is 65.6 Å². The monoisotopic (exact) mass is 550 g/mol. The number of ether oxygens (including phenoxy) is 1. The fourth-order valence-corrected chi connectivity index (χ4v) is 6.65. The van der Waals surface area contributed by atoms with Crippen molar-refractivity contribution in [2.45, 2.75) is 31.1 Å². The molecule has 0 bridgehead atoms. The van der Waals surface area contributed by atoms with E-state index in [2.05, 4.69) is 26.8 Å². The Labute approximate surface area is 231 Å². The van der Waals surface area contributed by atoms with Crippen LogP contribution < -0.4 is 14.9 Å². The number of rotatable bonds is 9. The summed E-state index contributed by atoms with van der Waals surface area (Å²) in [5, 5.41) is 4.58. The van der Waals surface area contributed by atoms with Crippen LogP contribution in [0, 0.1) is 5.92 Å². The summed E-state index contributed by atoms with van der Waals surface area (Å²) in [6.07, 6.45) is 2.97. The van der Waals surface area contributed by atoms with Crippen molar-refractivity contribution < 1.29 is 17.9 Å². The number of amides is 1. The lowest BCUT2D eigenvalue weighted by atomic mass is 9.98. The summed E-state index contributed by atoms with van der Waals surface area (Å²) in [5.74, 6) is 0.474. The minimum atomic E-state index is -3.87. The van der Waals surface area contributed by atoms with Gasteiger partial charge in [0.25, 0.3) is 15.9 Å². The summed E-state index contributed by atoms with van der Waals surface area (Å²) in [6, 6.07) is 18.0. The number of carbonyl (C=O) groups excluding carboxylic acids is 1. The number of nitrogens with zero attached hydrogens (tertiary/aromatic N) is 2. The third kappa shape index (κ3) is 6.72. The second-order valence-corrected chi connectivity index (χ2v) is 12.2. The molecule has 3 aromatic rings. The van der Waals surface area contributed by atoms with Crippen LogP contribution in [0.3, 0.4) is 0 Å². The maximum atomic E-state index is 13.4. The van der Waals surface area contributed by atoms with E-state index in [0.717, 1.165) is 76.3 Å². The topological polar surface area (TPSA) is 91.0 Å². The van der Waals surface area contributed by atoms with Gasteiger partial charge in [-0.05, 0) is 61.4 Å². The molecule has 9 heteroatoms. The molecular weight excluding hydrogens is 512 g/mol.